The second kappa shape index (κ2) is 16.2. The third kappa shape index (κ3) is 7.67. The van der Waals surface area contributed by atoms with Crippen LogP contribution in [0.1, 0.15) is 79.2 Å². The number of rotatable bonds is 14. The molecule has 7 rings (SSSR count). The number of aliphatic imine (C=N–C) groups is 1. The van der Waals surface area contributed by atoms with Crippen molar-refractivity contribution in [3.05, 3.63) is 91.8 Å². The second-order valence-corrected chi connectivity index (χ2v) is 14.8. The topological polar surface area (TPSA) is 183 Å². The second-order valence-electron chi connectivity index (χ2n) is 13.2. The van der Waals surface area contributed by atoms with E-state index in [2.05, 4.69) is 34.7 Å². The Balaban J connectivity index is 0.863. The van der Waals surface area contributed by atoms with Crippen LogP contribution in [0.4, 0.5) is 0 Å². The van der Waals surface area contributed by atoms with Crippen molar-refractivity contribution in [1.29, 1.82) is 0 Å². The average Bonchev–Trinajstić information content (AvgIpc) is 3.74. The summed E-state index contributed by atoms with van der Waals surface area (Å²) in [4.78, 5) is 70.5. The molecule has 0 radical (unpaired) electrons. The molecule has 2 N–H and O–H groups in total. The third-order valence-electron chi connectivity index (χ3n) is 9.59. The number of imide groups is 2. The molecule has 0 saturated carbocycles. The summed E-state index contributed by atoms with van der Waals surface area (Å²) in [5, 5.41) is 15.5. The van der Waals surface area contributed by atoms with E-state index in [1.54, 1.807) is 23.5 Å². The van der Waals surface area contributed by atoms with Crippen molar-refractivity contribution in [2.24, 2.45) is 4.99 Å². The SMILES string of the molecule is Cc1sc2c(c1C)C(c1ccc(Cl)cc1)=N[C@@H](CC(=O)NCCOCCOCCOc1cccc3c1C(=O)N(C1CCC(=O)NC1=O)C3=O)c1nnc(C)n1-2. The summed E-state index contributed by atoms with van der Waals surface area (Å²) < 4.78 is 19.0. The Bertz CT molecular complexity index is 2220. The molecule has 3 aliphatic rings. The van der Waals surface area contributed by atoms with Crippen molar-refractivity contribution >= 4 is 58.2 Å². The van der Waals surface area contributed by atoms with Gasteiger partial charge in [0.15, 0.2) is 5.82 Å². The van der Waals surface area contributed by atoms with Gasteiger partial charge in [0.2, 0.25) is 17.7 Å². The molecule has 2 aromatic carbocycles. The van der Waals surface area contributed by atoms with Crippen LogP contribution in [-0.2, 0) is 23.9 Å². The summed E-state index contributed by atoms with van der Waals surface area (Å²) in [7, 11) is 0. The lowest BCUT2D eigenvalue weighted by Gasteiger charge is -2.27. The van der Waals surface area contributed by atoms with E-state index in [1.165, 1.54) is 6.07 Å². The fraction of sp³-hybridized carbons (Fsp3) is 0.368. The maximum atomic E-state index is 13.2. The molecular weight excluding hydrogens is 750 g/mol. The highest BCUT2D eigenvalue weighted by atomic mass is 35.5. The van der Waals surface area contributed by atoms with Crippen LogP contribution in [0, 0.1) is 20.8 Å². The molecule has 1 saturated heterocycles. The maximum Gasteiger partial charge on any atom is 0.266 e. The number of thiophene rings is 1. The molecule has 0 bridgehead atoms. The van der Waals surface area contributed by atoms with Crippen molar-refractivity contribution in [1.82, 2.24) is 30.3 Å². The minimum absolute atomic E-state index is 0.0357. The Morgan fingerprint density at radius 2 is 1.69 bits per heavy atom. The molecule has 17 heteroatoms. The van der Waals surface area contributed by atoms with Crippen LogP contribution in [0.3, 0.4) is 0 Å². The lowest BCUT2D eigenvalue weighted by molar-refractivity contribution is -0.136. The van der Waals surface area contributed by atoms with E-state index < -0.39 is 35.7 Å². The number of piperidine rings is 1. The third-order valence-corrected chi connectivity index (χ3v) is 11.0. The number of aryl methyl sites for hydroxylation is 2. The van der Waals surface area contributed by atoms with Crippen LogP contribution in [0.25, 0.3) is 5.00 Å². The summed E-state index contributed by atoms with van der Waals surface area (Å²) in [6, 6.07) is 10.6. The van der Waals surface area contributed by atoms with Crippen molar-refractivity contribution in [2.75, 3.05) is 39.6 Å². The molecule has 0 aliphatic carbocycles. The predicted octanol–water partition coefficient (Wildman–Crippen LogP) is 3.82. The molecule has 4 aromatic rings. The van der Waals surface area contributed by atoms with Gasteiger partial charge in [-0.1, -0.05) is 29.8 Å². The number of fused-ring (bicyclic) bond motifs is 4. The normalized spacial score (nSPS) is 17.7. The highest BCUT2D eigenvalue weighted by Gasteiger charge is 2.46. The Morgan fingerprint density at radius 3 is 2.45 bits per heavy atom. The first-order chi connectivity index (χ1) is 26.5. The molecule has 2 aromatic heterocycles. The number of ether oxygens (including phenoxy) is 3. The summed E-state index contributed by atoms with van der Waals surface area (Å²) in [6.45, 7) is 7.38. The highest BCUT2D eigenvalue weighted by molar-refractivity contribution is 7.15. The van der Waals surface area contributed by atoms with Crippen LogP contribution in [0.2, 0.25) is 5.02 Å². The van der Waals surface area contributed by atoms with Gasteiger partial charge in [0.25, 0.3) is 11.8 Å². The number of hydrogen-bond acceptors (Lipinski definition) is 12. The number of nitrogens with one attached hydrogen (secondary N) is 2. The van der Waals surface area contributed by atoms with E-state index in [9.17, 15) is 24.0 Å². The quantitative estimate of drug-likeness (QED) is 0.141. The molecule has 1 fully saturated rings. The standard InChI is InChI=1S/C38H38ClN7O8S/c1-20-21(2)55-38-31(20)33(23-7-9-24(39)10-8-23)41-26(34-44-43-22(3)45(34)38)19-30(48)40-13-14-52-15-16-53-17-18-54-28-6-4-5-25-32(28)37(51)46(36(25)50)27-11-12-29(47)42-35(27)49/h4-10,26-27H,11-19H2,1-3H3,(H,40,48)(H,42,47,49)/t26-,27?/m0/s1. The zero-order valence-electron chi connectivity index (χ0n) is 30.3. The van der Waals surface area contributed by atoms with Crippen LogP contribution in [0.5, 0.6) is 5.75 Å². The molecule has 15 nitrogen and oxygen atoms in total. The highest BCUT2D eigenvalue weighted by Crippen LogP contribution is 2.40. The van der Waals surface area contributed by atoms with Crippen LogP contribution in [-0.4, -0.2) is 101 Å². The number of carbonyl (C=O) groups excluding carboxylic acids is 5. The van der Waals surface area contributed by atoms with E-state index >= 15 is 0 Å². The van der Waals surface area contributed by atoms with Gasteiger partial charge in [-0.05, 0) is 57.0 Å². The Morgan fingerprint density at radius 1 is 0.945 bits per heavy atom. The molecular formula is C38H38ClN7O8S. The number of aromatic nitrogens is 3. The minimum Gasteiger partial charge on any atom is -0.490 e. The lowest BCUT2D eigenvalue weighted by atomic mass is 9.99. The monoisotopic (exact) mass is 787 g/mol. The molecule has 286 valence electrons. The van der Waals surface area contributed by atoms with E-state index in [1.807, 2.05) is 35.8 Å². The van der Waals surface area contributed by atoms with Crippen molar-refractivity contribution < 1.29 is 38.2 Å². The number of benzene rings is 2. The first kappa shape index (κ1) is 38.0. The fourth-order valence-electron chi connectivity index (χ4n) is 6.78. The van der Waals surface area contributed by atoms with Crippen LogP contribution in [0.15, 0.2) is 47.5 Å². The Hall–Kier alpha value is -5.29. The first-order valence-corrected chi connectivity index (χ1v) is 19.0. The zero-order chi connectivity index (χ0) is 38.8. The molecule has 5 amide bonds. The largest absolute Gasteiger partial charge is 0.490 e. The van der Waals surface area contributed by atoms with Gasteiger partial charge < -0.3 is 19.5 Å². The van der Waals surface area contributed by atoms with E-state index in [-0.39, 0.29) is 81.6 Å². The fourth-order valence-corrected chi connectivity index (χ4v) is 8.12. The Labute approximate surface area is 325 Å². The number of amides is 5. The molecule has 1 unspecified atom stereocenters. The van der Waals surface area contributed by atoms with Gasteiger partial charge in [-0.2, -0.15) is 0 Å². The van der Waals surface area contributed by atoms with E-state index in [0.717, 1.165) is 37.2 Å². The number of halogens is 1. The van der Waals surface area contributed by atoms with Gasteiger partial charge in [-0.15, -0.1) is 21.5 Å². The molecule has 5 heterocycles. The molecule has 2 atom stereocenters. The van der Waals surface area contributed by atoms with Crippen LogP contribution >= 0.6 is 22.9 Å². The predicted molar refractivity (Wildman–Crippen MR) is 201 cm³/mol. The summed E-state index contributed by atoms with van der Waals surface area (Å²) in [6.07, 6.45) is 0.163. The summed E-state index contributed by atoms with van der Waals surface area (Å²) in [5.74, 6) is -1.05. The van der Waals surface area contributed by atoms with Crippen molar-refractivity contribution in [3.8, 4) is 10.8 Å². The van der Waals surface area contributed by atoms with Gasteiger partial charge in [0.1, 0.15) is 35.3 Å². The van der Waals surface area contributed by atoms with Gasteiger partial charge in [0, 0.05) is 34.0 Å². The lowest BCUT2D eigenvalue weighted by Crippen LogP contribution is -2.54. The number of hydrogen-bond donors (Lipinski definition) is 2. The minimum atomic E-state index is -1.06. The van der Waals surface area contributed by atoms with Crippen molar-refractivity contribution in [2.45, 2.75) is 52.1 Å². The van der Waals surface area contributed by atoms with Gasteiger partial charge >= 0.3 is 0 Å². The van der Waals surface area contributed by atoms with Crippen LogP contribution < -0.4 is 15.4 Å². The van der Waals surface area contributed by atoms with Gasteiger partial charge in [-0.25, -0.2) is 0 Å². The van der Waals surface area contributed by atoms with E-state index in [0.29, 0.717) is 16.7 Å². The van der Waals surface area contributed by atoms with Gasteiger partial charge in [0.05, 0.1) is 49.7 Å². The zero-order valence-corrected chi connectivity index (χ0v) is 31.9. The summed E-state index contributed by atoms with van der Waals surface area (Å²) in [5.41, 5.74) is 3.99. The smallest absolute Gasteiger partial charge is 0.266 e. The molecule has 55 heavy (non-hydrogen) atoms. The van der Waals surface area contributed by atoms with Crippen molar-refractivity contribution in [3.63, 3.8) is 0 Å². The molecule has 3 aliphatic heterocycles. The summed E-state index contributed by atoms with van der Waals surface area (Å²) >= 11 is 7.85. The maximum absolute atomic E-state index is 13.2. The molecule has 0 spiro atoms. The number of nitrogens with zero attached hydrogens (tertiary/aromatic N) is 5. The average molecular weight is 788 g/mol. The Kier molecular flexibility index (Phi) is 11.2. The van der Waals surface area contributed by atoms with E-state index in [4.69, 9.17) is 30.8 Å². The number of carbonyl (C=O) groups is 5. The van der Waals surface area contributed by atoms with Gasteiger partial charge in [-0.3, -0.25) is 43.7 Å². The first-order valence-electron chi connectivity index (χ1n) is 17.8.